The molecule has 0 spiro atoms. The fraction of sp³-hybridized carbons (Fsp3) is 0.0286. The first-order valence-corrected chi connectivity index (χ1v) is 12.7. The molecule has 0 unspecified atom stereocenters. The van der Waals surface area contributed by atoms with Gasteiger partial charge in [0.1, 0.15) is 11.2 Å². The van der Waals surface area contributed by atoms with Crippen molar-refractivity contribution in [2.24, 2.45) is 0 Å². The third-order valence-electron chi connectivity index (χ3n) is 7.71. The second-order valence-corrected chi connectivity index (χ2v) is 9.81. The van der Waals surface area contributed by atoms with Gasteiger partial charge in [0.25, 0.3) is 0 Å². The Hall–Kier alpha value is -4.82. The molecule has 0 aliphatic heterocycles. The number of aromatic nitrogens is 1. The third-order valence-corrected chi connectivity index (χ3v) is 7.71. The van der Waals surface area contributed by atoms with E-state index in [0.29, 0.717) is 0 Å². The van der Waals surface area contributed by atoms with Gasteiger partial charge in [-0.3, -0.25) is 0 Å². The third kappa shape index (κ3) is 2.87. The lowest BCUT2D eigenvalue weighted by molar-refractivity contribution is 0.669. The summed E-state index contributed by atoms with van der Waals surface area (Å²) in [5.41, 5.74) is 9.13. The van der Waals surface area contributed by atoms with Gasteiger partial charge in [0.05, 0.1) is 11.0 Å². The Morgan fingerprint density at radius 2 is 1.27 bits per heavy atom. The van der Waals surface area contributed by atoms with Crippen LogP contribution in [0.2, 0.25) is 0 Å². The Labute approximate surface area is 214 Å². The highest BCUT2D eigenvalue weighted by molar-refractivity contribution is 6.24. The summed E-state index contributed by atoms with van der Waals surface area (Å²) >= 11 is 0. The second kappa shape index (κ2) is 7.59. The lowest BCUT2D eigenvalue weighted by atomic mass is 9.94. The molecule has 0 fully saturated rings. The van der Waals surface area contributed by atoms with Gasteiger partial charge in [-0.25, -0.2) is 0 Å². The van der Waals surface area contributed by atoms with Crippen LogP contribution in [0.1, 0.15) is 5.56 Å². The number of nitrogens with zero attached hydrogens (tertiary/aromatic N) is 1. The molecule has 0 saturated heterocycles. The highest BCUT2D eigenvalue weighted by Crippen LogP contribution is 2.42. The van der Waals surface area contributed by atoms with Gasteiger partial charge < -0.3 is 8.98 Å². The van der Waals surface area contributed by atoms with Crippen LogP contribution in [0.4, 0.5) is 0 Å². The smallest absolute Gasteiger partial charge is 0.135 e. The lowest BCUT2D eigenvalue weighted by Gasteiger charge is -2.12. The number of para-hydroxylation sites is 2. The largest absolute Gasteiger partial charge is 0.456 e. The zero-order chi connectivity index (χ0) is 24.5. The van der Waals surface area contributed by atoms with E-state index in [2.05, 4.69) is 133 Å². The molecule has 0 aliphatic rings. The Morgan fingerprint density at radius 3 is 2.14 bits per heavy atom. The van der Waals surface area contributed by atoms with Crippen LogP contribution in [0.15, 0.2) is 126 Å². The molecule has 0 atom stereocenters. The zero-order valence-electron chi connectivity index (χ0n) is 20.4. The van der Waals surface area contributed by atoms with E-state index in [4.69, 9.17) is 4.42 Å². The monoisotopic (exact) mass is 473 g/mol. The van der Waals surface area contributed by atoms with Crippen LogP contribution in [-0.2, 0) is 0 Å². The maximum Gasteiger partial charge on any atom is 0.135 e. The average molecular weight is 474 g/mol. The summed E-state index contributed by atoms with van der Waals surface area (Å²) in [4.78, 5) is 0. The predicted octanol–water partition coefficient (Wildman–Crippen LogP) is 9.81. The van der Waals surface area contributed by atoms with Gasteiger partial charge in [-0.2, -0.15) is 0 Å². The van der Waals surface area contributed by atoms with E-state index in [0.717, 1.165) is 11.2 Å². The van der Waals surface area contributed by atoms with Crippen LogP contribution < -0.4 is 0 Å². The number of aryl methyl sites for hydroxylation is 1. The van der Waals surface area contributed by atoms with Crippen LogP contribution in [0.5, 0.6) is 0 Å². The van der Waals surface area contributed by atoms with Gasteiger partial charge in [0, 0.05) is 27.2 Å². The van der Waals surface area contributed by atoms with Crippen molar-refractivity contribution in [1.82, 2.24) is 4.57 Å². The van der Waals surface area contributed by atoms with Crippen molar-refractivity contribution in [2.75, 3.05) is 0 Å². The predicted molar refractivity (Wildman–Crippen MR) is 156 cm³/mol. The minimum atomic E-state index is 0.928. The molecular formula is C35H23NO. The molecule has 2 aromatic heterocycles. The Balaban J connectivity index is 1.53. The molecule has 0 bridgehead atoms. The molecule has 2 nitrogen and oxygen atoms in total. The molecule has 6 aromatic carbocycles. The van der Waals surface area contributed by atoms with E-state index in [1.54, 1.807) is 0 Å². The number of rotatable bonds is 2. The Bertz CT molecular complexity index is 2140. The first-order valence-electron chi connectivity index (χ1n) is 12.7. The average Bonchev–Trinajstić information content (AvgIpc) is 3.49. The van der Waals surface area contributed by atoms with Crippen LogP contribution in [0.3, 0.4) is 0 Å². The molecule has 0 N–H and O–H groups in total. The second-order valence-electron chi connectivity index (χ2n) is 9.81. The van der Waals surface area contributed by atoms with Gasteiger partial charge in [-0.1, -0.05) is 78.9 Å². The van der Waals surface area contributed by atoms with Crippen molar-refractivity contribution in [2.45, 2.75) is 6.92 Å². The Morgan fingerprint density at radius 1 is 0.514 bits per heavy atom. The minimum absolute atomic E-state index is 0.928. The SMILES string of the molecule is Cc1cccc2oc3ccc(-c4cc5c(c6ccccc46)c4ccccc4n5-c4ccccc4)cc3c12. The van der Waals surface area contributed by atoms with Crippen molar-refractivity contribution in [3.05, 3.63) is 127 Å². The first kappa shape index (κ1) is 20.4. The zero-order valence-corrected chi connectivity index (χ0v) is 20.4. The van der Waals surface area contributed by atoms with Crippen molar-refractivity contribution >= 4 is 54.5 Å². The molecule has 8 rings (SSSR count). The molecule has 2 heteroatoms. The summed E-state index contributed by atoms with van der Waals surface area (Å²) in [6.07, 6.45) is 0. The van der Waals surface area contributed by atoms with E-state index in [1.807, 2.05) is 0 Å². The number of fused-ring (bicyclic) bond motifs is 8. The lowest BCUT2D eigenvalue weighted by Crippen LogP contribution is -1.93. The minimum Gasteiger partial charge on any atom is -0.456 e. The Kier molecular flexibility index (Phi) is 4.18. The standard InChI is InChI=1S/C35H23NO/c1-22-10-9-17-33-34(22)29-20-23(18-19-32(29)37-33)28-21-31-35(26-14-6-5-13-25(26)28)27-15-7-8-16-30(27)36(31)24-11-3-2-4-12-24/h2-21H,1H3. The summed E-state index contributed by atoms with van der Waals surface area (Å²) in [5, 5.41) is 7.46. The quantitative estimate of drug-likeness (QED) is 0.244. The topological polar surface area (TPSA) is 18.1 Å². The van der Waals surface area contributed by atoms with Gasteiger partial charge in [0.2, 0.25) is 0 Å². The number of hydrogen-bond donors (Lipinski definition) is 0. The van der Waals surface area contributed by atoms with E-state index in [1.165, 1.54) is 65.7 Å². The number of hydrogen-bond acceptors (Lipinski definition) is 1. The maximum absolute atomic E-state index is 6.19. The first-order chi connectivity index (χ1) is 18.3. The highest BCUT2D eigenvalue weighted by Gasteiger charge is 2.18. The summed E-state index contributed by atoms with van der Waals surface area (Å²) in [6.45, 7) is 2.16. The maximum atomic E-state index is 6.19. The molecule has 0 radical (unpaired) electrons. The van der Waals surface area contributed by atoms with Crippen molar-refractivity contribution in [3.63, 3.8) is 0 Å². The molecule has 2 heterocycles. The van der Waals surface area contributed by atoms with Crippen LogP contribution in [0, 0.1) is 6.92 Å². The number of furan rings is 1. The number of benzene rings is 6. The van der Waals surface area contributed by atoms with Crippen LogP contribution in [-0.4, -0.2) is 4.57 Å². The fourth-order valence-electron chi connectivity index (χ4n) is 6.10. The van der Waals surface area contributed by atoms with E-state index in [9.17, 15) is 0 Å². The summed E-state index contributed by atoms with van der Waals surface area (Å²) in [6, 6.07) is 43.5. The summed E-state index contributed by atoms with van der Waals surface area (Å²) in [7, 11) is 0. The van der Waals surface area contributed by atoms with E-state index in [-0.39, 0.29) is 0 Å². The van der Waals surface area contributed by atoms with Crippen molar-refractivity contribution in [1.29, 1.82) is 0 Å². The summed E-state index contributed by atoms with van der Waals surface area (Å²) < 4.78 is 8.59. The molecule has 37 heavy (non-hydrogen) atoms. The molecule has 8 aromatic rings. The fourth-order valence-corrected chi connectivity index (χ4v) is 6.10. The van der Waals surface area contributed by atoms with Crippen molar-refractivity contribution in [3.8, 4) is 16.8 Å². The molecule has 0 aliphatic carbocycles. The van der Waals surface area contributed by atoms with E-state index >= 15 is 0 Å². The highest BCUT2D eigenvalue weighted by atomic mass is 16.3. The molecular weight excluding hydrogens is 450 g/mol. The van der Waals surface area contributed by atoms with Gasteiger partial charge in [0.15, 0.2) is 0 Å². The van der Waals surface area contributed by atoms with Gasteiger partial charge in [-0.15, -0.1) is 0 Å². The van der Waals surface area contributed by atoms with Crippen molar-refractivity contribution < 1.29 is 4.42 Å². The molecule has 0 amide bonds. The van der Waals surface area contributed by atoms with Gasteiger partial charge in [-0.05, 0) is 76.9 Å². The van der Waals surface area contributed by atoms with Gasteiger partial charge >= 0.3 is 0 Å². The van der Waals surface area contributed by atoms with E-state index < -0.39 is 0 Å². The normalized spacial score (nSPS) is 11.9. The summed E-state index contributed by atoms with van der Waals surface area (Å²) in [5.74, 6) is 0. The van der Waals surface area contributed by atoms with Crippen LogP contribution >= 0.6 is 0 Å². The van der Waals surface area contributed by atoms with Crippen LogP contribution in [0.25, 0.3) is 71.3 Å². The molecule has 174 valence electrons. The molecule has 0 saturated carbocycles.